The summed E-state index contributed by atoms with van der Waals surface area (Å²) in [5.41, 5.74) is 1.41. The van der Waals surface area contributed by atoms with E-state index in [0.29, 0.717) is 0 Å². The molecule has 0 radical (unpaired) electrons. The van der Waals surface area contributed by atoms with Crippen LogP contribution in [0.2, 0.25) is 0 Å². The molecule has 0 bridgehead atoms. The Bertz CT molecular complexity index is 306. The molecule has 15 heavy (non-hydrogen) atoms. The number of nitrogens with one attached hydrogen (secondary N) is 1. The summed E-state index contributed by atoms with van der Waals surface area (Å²) in [6.07, 6.45) is 5.97. The summed E-state index contributed by atoms with van der Waals surface area (Å²) in [5.74, 6) is 1.52. The predicted molar refractivity (Wildman–Crippen MR) is 61.8 cm³/mol. The second-order valence-electron chi connectivity index (χ2n) is 4.48. The Morgan fingerprint density at radius 2 is 2.40 bits per heavy atom. The number of aromatic nitrogens is 2. The fraction of sp³-hybridized carbons (Fsp3) is 0.750. The number of nitrogens with zero attached hydrogens (tertiary/aromatic N) is 2. The van der Waals surface area contributed by atoms with Gasteiger partial charge in [0.05, 0.1) is 0 Å². The zero-order chi connectivity index (χ0) is 10.7. The minimum atomic E-state index is 0.719. The number of hydrogen-bond donors (Lipinski definition) is 1. The maximum Gasteiger partial charge on any atom is 0.0492 e. The first-order valence-electron chi connectivity index (χ1n) is 6.01. The van der Waals surface area contributed by atoms with Crippen LogP contribution in [-0.4, -0.2) is 22.9 Å². The molecule has 1 heterocycles. The molecule has 1 aliphatic rings. The van der Waals surface area contributed by atoms with E-state index in [4.69, 9.17) is 0 Å². The maximum absolute atomic E-state index is 4.27. The molecule has 0 spiro atoms. The van der Waals surface area contributed by atoms with Gasteiger partial charge >= 0.3 is 0 Å². The highest BCUT2D eigenvalue weighted by atomic mass is 15.3. The van der Waals surface area contributed by atoms with Gasteiger partial charge in [-0.1, -0.05) is 13.3 Å². The Hall–Kier alpha value is -0.830. The molecule has 2 rings (SSSR count). The van der Waals surface area contributed by atoms with Gasteiger partial charge in [-0.25, -0.2) is 0 Å². The average molecular weight is 207 g/mol. The highest BCUT2D eigenvalue weighted by molar-refractivity contribution is 5.11. The van der Waals surface area contributed by atoms with Crippen molar-refractivity contribution in [2.45, 2.75) is 32.1 Å². The summed E-state index contributed by atoms with van der Waals surface area (Å²) in [6, 6.07) is 2.18. The van der Waals surface area contributed by atoms with Gasteiger partial charge in [-0.05, 0) is 37.9 Å². The lowest BCUT2D eigenvalue weighted by Gasteiger charge is -2.19. The van der Waals surface area contributed by atoms with Gasteiger partial charge in [0.25, 0.3) is 0 Å². The molecule has 0 amide bonds. The van der Waals surface area contributed by atoms with Crippen molar-refractivity contribution in [3.05, 3.63) is 18.0 Å². The van der Waals surface area contributed by atoms with Crippen molar-refractivity contribution >= 4 is 0 Å². The van der Waals surface area contributed by atoms with Gasteiger partial charge in [-0.15, -0.1) is 0 Å². The number of hydrogen-bond acceptors (Lipinski definition) is 2. The first kappa shape index (κ1) is 10.7. The highest BCUT2D eigenvalue weighted by Crippen LogP contribution is 2.38. The van der Waals surface area contributed by atoms with Crippen LogP contribution < -0.4 is 5.32 Å². The molecule has 84 valence electrons. The Balaban J connectivity index is 2.04. The van der Waals surface area contributed by atoms with E-state index in [1.54, 1.807) is 0 Å². The van der Waals surface area contributed by atoms with Crippen LogP contribution in [0.4, 0.5) is 0 Å². The van der Waals surface area contributed by atoms with E-state index < -0.39 is 0 Å². The summed E-state index contributed by atoms with van der Waals surface area (Å²) in [4.78, 5) is 0. The third-order valence-corrected chi connectivity index (χ3v) is 3.55. The van der Waals surface area contributed by atoms with Gasteiger partial charge in [-0.2, -0.15) is 5.10 Å². The second-order valence-corrected chi connectivity index (χ2v) is 4.48. The summed E-state index contributed by atoms with van der Waals surface area (Å²) in [5, 5.41) is 7.74. The second kappa shape index (κ2) is 4.79. The molecule has 3 heteroatoms. The van der Waals surface area contributed by atoms with Gasteiger partial charge < -0.3 is 5.32 Å². The van der Waals surface area contributed by atoms with E-state index in [9.17, 15) is 0 Å². The van der Waals surface area contributed by atoms with Gasteiger partial charge in [0, 0.05) is 24.9 Å². The van der Waals surface area contributed by atoms with Crippen LogP contribution in [0.5, 0.6) is 0 Å². The van der Waals surface area contributed by atoms with Crippen LogP contribution in [0.15, 0.2) is 12.3 Å². The van der Waals surface area contributed by atoms with Crippen molar-refractivity contribution in [3.8, 4) is 0 Å². The van der Waals surface area contributed by atoms with Crippen LogP contribution >= 0.6 is 0 Å². The lowest BCUT2D eigenvalue weighted by Crippen LogP contribution is -2.25. The Morgan fingerprint density at radius 1 is 1.53 bits per heavy atom. The molecule has 1 aromatic heterocycles. The van der Waals surface area contributed by atoms with E-state index in [1.165, 1.54) is 25.0 Å². The Morgan fingerprint density at radius 3 is 3.07 bits per heavy atom. The van der Waals surface area contributed by atoms with Gasteiger partial charge in [-0.3, -0.25) is 4.68 Å². The fourth-order valence-corrected chi connectivity index (χ4v) is 2.75. The monoisotopic (exact) mass is 207 g/mol. The molecule has 1 aliphatic carbocycles. The smallest absolute Gasteiger partial charge is 0.0492 e. The molecule has 0 aromatic carbocycles. The zero-order valence-corrected chi connectivity index (χ0v) is 9.74. The van der Waals surface area contributed by atoms with Crippen molar-refractivity contribution in [2.24, 2.45) is 13.0 Å². The van der Waals surface area contributed by atoms with Crippen LogP contribution in [0, 0.1) is 5.92 Å². The third-order valence-electron chi connectivity index (χ3n) is 3.55. The fourth-order valence-electron chi connectivity index (χ4n) is 2.75. The van der Waals surface area contributed by atoms with E-state index in [-0.39, 0.29) is 0 Å². The molecular weight excluding hydrogens is 186 g/mol. The predicted octanol–water partition coefficient (Wildman–Crippen LogP) is 1.91. The van der Waals surface area contributed by atoms with E-state index in [1.807, 2.05) is 10.9 Å². The first-order chi connectivity index (χ1) is 7.33. The highest BCUT2D eigenvalue weighted by Gasteiger charge is 2.29. The van der Waals surface area contributed by atoms with E-state index in [0.717, 1.165) is 24.9 Å². The minimum absolute atomic E-state index is 0.719. The molecule has 2 atom stereocenters. The van der Waals surface area contributed by atoms with Crippen molar-refractivity contribution in [2.75, 3.05) is 13.1 Å². The largest absolute Gasteiger partial charge is 0.317 e. The maximum atomic E-state index is 4.27. The molecule has 1 fully saturated rings. The normalized spacial score (nSPS) is 26.0. The number of aryl methyl sites for hydroxylation is 1. The summed E-state index contributed by atoms with van der Waals surface area (Å²) >= 11 is 0. The first-order valence-corrected chi connectivity index (χ1v) is 6.01. The van der Waals surface area contributed by atoms with Crippen LogP contribution in [0.3, 0.4) is 0 Å². The lowest BCUT2D eigenvalue weighted by atomic mass is 9.93. The standard InChI is InChI=1S/C12H21N3/c1-3-13-9-10-5-4-6-11(10)12-7-8-14-15(12)2/h7-8,10-11,13H,3-6,9H2,1-2H3. The summed E-state index contributed by atoms with van der Waals surface area (Å²) < 4.78 is 2.04. The van der Waals surface area contributed by atoms with Crippen molar-refractivity contribution in [1.29, 1.82) is 0 Å². The summed E-state index contributed by atoms with van der Waals surface area (Å²) in [6.45, 7) is 4.41. The Labute approximate surface area is 91.9 Å². The van der Waals surface area contributed by atoms with Crippen LogP contribution in [0.1, 0.15) is 37.8 Å². The van der Waals surface area contributed by atoms with Crippen molar-refractivity contribution < 1.29 is 0 Å². The molecule has 0 aliphatic heterocycles. The van der Waals surface area contributed by atoms with Gasteiger partial charge in [0.1, 0.15) is 0 Å². The molecule has 3 nitrogen and oxygen atoms in total. The molecular formula is C12H21N3. The quantitative estimate of drug-likeness (QED) is 0.817. The van der Waals surface area contributed by atoms with Crippen LogP contribution in [-0.2, 0) is 7.05 Å². The minimum Gasteiger partial charge on any atom is -0.317 e. The van der Waals surface area contributed by atoms with E-state index >= 15 is 0 Å². The van der Waals surface area contributed by atoms with Gasteiger partial charge in [0.2, 0.25) is 0 Å². The van der Waals surface area contributed by atoms with Crippen molar-refractivity contribution in [3.63, 3.8) is 0 Å². The zero-order valence-electron chi connectivity index (χ0n) is 9.74. The Kier molecular flexibility index (Phi) is 3.41. The number of rotatable bonds is 4. The van der Waals surface area contributed by atoms with Gasteiger partial charge in [0.15, 0.2) is 0 Å². The molecule has 2 unspecified atom stereocenters. The molecule has 1 aromatic rings. The molecule has 1 saturated carbocycles. The molecule has 1 N–H and O–H groups in total. The topological polar surface area (TPSA) is 29.9 Å². The van der Waals surface area contributed by atoms with E-state index in [2.05, 4.69) is 30.5 Å². The molecule has 0 saturated heterocycles. The summed E-state index contributed by atoms with van der Waals surface area (Å²) in [7, 11) is 2.05. The third kappa shape index (κ3) is 2.23. The van der Waals surface area contributed by atoms with Crippen LogP contribution in [0.25, 0.3) is 0 Å². The van der Waals surface area contributed by atoms with Crippen molar-refractivity contribution in [1.82, 2.24) is 15.1 Å². The lowest BCUT2D eigenvalue weighted by molar-refractivity contribution is 0.432. The average Bonchev–Trinajstić information content (AvgIpc) is 2.82. The SMILES string of the molecule is CCNCC1CCCC1c1ccnn1C.